The first kappa shape index (κ1) is 21.9. The van der Waals surface area contributed by atoms with E-state index in [2.05, 4.69) is 19.9 Å². The third-order valence-electron chi connectivity index (χ3n) is 9.98. The van der Waals surface area contributed by atoms with Gasteiger partial charge in [-0.05, 0) is 74.5 Å². The minimum absolute atomic E-state index is 0.0195. The Bertz CT molecular complexity index is 977. The first-order chi connectivity index (χ1) is 15.7. The quantitative estimate of drug-likeness (QED) is 0.635. The average Bonchev–Trinajstić information content (AvgIpc) is 3.48. The molecule has 1 heterocycles. The standard InChI is InChI=1S/C27H34O6/c1-25-10-9-17(29)11-16(25)6-7-18-19-12-22-27(21(31)14-28,26(19,2)13-20(30)24(18)25)33-23(32-22)8-5-15-3-4-15/h5,8-11,15,18-20,22-24,28,30H,3-4,6-7,12-14H2,1-2H3/b8-5+/t18?,19-,20?,22+,23+,24+,25-,26?,27+/m0/s1. The molecule has 6 rings (SSSR count). The zero-order valence-electron chi connectivity index (χ0n) is 19.4. The van der Waals surface area contributed by atoms with Crippen LogP contribution in [0.15, 0.2) is 36.0 Å². The fraction of sp³-hybridized carbons (Fsp3) is 0.704. The molecule has 0 radical (unpaired) electrons. The van der Waals surface area contributed by atoms with E-state index in [1.54, 1.807) is 12.2 Å². The van der Waals surface area contributed by atoms with E-state index in [0.29, 0.717) is 18.8 Å². The van der Waals surface area contributed by atoms with Gasteiger partial charge in [0, 0.05) is 16.7 Å². The van der Waals surface area contributed by atoms with Gasteiger partial charge in [-0.15, -0.1) is 0 Å². The number of carbonyl (C=O) groups excluding carboxylic acids is 2. The van der Waals surface area contributed by atoms with Crippen molar-refractivity contribution in [3.63, 3.8) is 0 Å². The summed E-state index contributed by atoms with van der Waals surface area (Å²) in [5, 5.41) is 21.6. The van der Waals surface area contributed by atoms with Crippen molar-refractivity contribution in [2.24, 2.45) is 34.5 Å². The lowest BCUT2D eigenvalue weighted by Gasteiger charge is -2.59. The van der Waals surface area contributed by atoms with Crippen molar-refractivity contribution < 1.29 is 29.3 Å². The lowest BCUT2D eigenvalue weighted by Crippen LogP contribution is -2.63. The topological polar surface area (TPSA) is 93.1 Å². The molecule has 0 aromatic heterocycles. The summed E-state index contributed by atoms with van der Waals surface area (Å²) in [5.41, 5.74) is -1.13. The number of hydrogen-bond acceptors (Lipinski definition) is 6. The normalized spacial score (nSPS) is 50.5. The third-order valence-corrected chi connectivity index (χ3v) is 9.98. The molecule has 1 saturated heterocycles. The fourth-order valence-electron chi connectivity index (χ4n) is 8.34. The highest BCUT2D eigenvalue weighted by Gasteiger charge is 2.75. The molecule has 0 aromatic carbocycles. The Morgan fingerprint density at radius 2 is 2.03 bits per heavy atom. The largest absolute Gasteiger partial charge is 0.393 e. The van der Waals surface area contributed by atoms with Crippen molar-refractivity contribution in [3.05, 3.63) is 36.0 Å². The second-order valence-electron chi connectivity index (χ2n) is 11.6. The molecule has 6 heteroatoms. The Kier molecular flexibility index (Phi) is 4.78. The molecule has 2 N–H and O–H groups in total. The van der Waals surface area contributed by atoms with Gasteiger partial charge in [0.2, 0.25) is 0 Å². The summed E-state index contributed by atoms with van der Waals surface area (Å²) in [5.74, 6) is 0.542. The summed E-state index contributed by atoms with van der Waals surface area (Å²) in [7, 11) is 0. The van der Waals surface area contributed by atoms with Gasteiger partial charge in [0.15, 0.2) is 23.5 Å². The zero-order valence-corrected chi connectivity index (χ0v) is 19.4. The van der Waals surface area contributed by atoms with Gasteiger partial charge < -0.3 is 19.7 Å². The number of ether oxygens (including phenoxy) is 2. The van der Waals surface area contributed by atoms with Crippen LogP contribution in [-0.2, 0) is 19.1 Å². The first-order valence-corrected chi connectivity index (χ1v) is 12.5. The lowest BCUT2D eigenvalue weighted by molar-refractivity contribution is -0.193. The van der Waals surface area contributed by atoms with Crippen molar-refractivity contribution in [2.75, 3.05) is 6.61 Å². The SMILES string of the molecule is CC12CC(O)[C@H]3C(CCC4=CC(=O)C=C[C@@]43C)[C@@H]1C[C@H]1O[C@@H](/C=C/C3CC3)O[C@]12C(=O)CO. The first-order valence-electron chi connectivity index (χ1n) is 12.5. The molecule has 33 heavy (non-hydrogen) atoms. The van der Waals surface area contributed by atoms with Crippen LogP contribution in [0, 0.1) is 34.5 Å². The van der Waals surface area contributed by atoms with Gasteiger partial charge in [0.25, 0.3) is 0 Å². The zero-order chi connectivity index (χ0) is 23.2. The number of fused-ring (bicyclic) bond motifs is 7. The summed E-state index contributed by atoms with van der Waals surface area (Å²) in [6.45, 7) is 3.61. The average molecular weight is 455 g/mol. The predicted octanol–water partition coefficient (Wildman–Crippen LogP) is 2.88. The molecule has 6 aliphatic rings. The summed E-state index contributed by atoms with van der Waals surface area (Å²) < 4.78 is 12.8. The highest BCUT2D eigenvalue weighted by Crippen LogP contribution is 2.69. The number of ketones is 2. The van der Waals surface area contributed by atoms with Crippen LogP contribution in [0.5, 0.6) is 0 Å². The van der Waals surface area contributed by atoms with E-state index in [0.717, 1.165) is 18.4 Å². The molecule has 5 aliphatic carbocycles. The van der Waals surface area contributed by atoms with Crippen LogP contribution >= 0.6 is 0 Å². The van der Waals surface area contributed by atoms with Crippen LogP contribution in [0.1, 0.15) is 52.4 Å². The third kappa shape index (κ3) is 2.87. The number of rotatable bonds is 4. The van der Waals surface area contributed by atoms with Crippen LogP contribution in [0.25, 0.3) is 0 Å². The molecular formula is C27H34O6. The van der Waals surface area contributed by atoms with Gasteiger partial charge in [0.1, 0.15) is 6.61 Å². The number of aliphatic hydroxyl groups excluding tert-OH is 2. The van der Waals surface area contributed by atoms with Gasteiger partial charge in [-0.3, -0.25) is 9.59 Å². The smallest absolute Gasteiger partial charge is 0.193 e. The molecule has 6 nitrogen and oxygen atoms in total. The molecule has 0 amide bonds. The molecule has 0 aromatic rings. The van der Waals surface area contributed by atoms with Gasteiger partial charge in [0.05, 0.1) is 12.2 Å². The van der Waals surface area contributed by atoms with E-state index < -0.39 is 36.1 Å². The number of aliphatic hydroxyl groups is 2. The van der Waals surface area contributed by atoms with Crippen LogP contribution < -0.4 is 0 Å². The van der Waals surface area contributed by atoms with Crippen molar-refractivity contribution >= 4 is 11.6 Å². The molecule has 3 unspecified atom stereocenters. The molecular weight excluding hydrogens is 420 g/mol. The summed E-state index contributed by atoms with van der Waals surface area (Å²) >= 11 is 0. The van der Waals surface area contributed by atoms with E-state index in [-0.39, 0.29) is 34.7 Å². The molecule has 9 atom stereocenters. The summed E-state index contributed by atoms with van der Waals surface area (Å²) in [6.07, 6.45) is 12.9. The van der Waals surface area contributed by atoms with Crippen LogP contribution in [-0.4, -0.2) is 52.5 Å². The lowest BCUT2D eigenvalue weighted by atomic mass is 9.46. The van der Waals surface area contributed by atoms with E-state index in [1.807, 2.05) is 12.2 Å². The number of carbonyl (C=O) groups is 2. The molecule has 5 fully saturated rings. The van der Waals surface area contributed by atoms with Crippen LogP contribution in [0.3, 0.4) is 0 Å². The van der Waals surface area contributed by atoms with E-state index in [4.69, 9.17) is 9.47 Å². The van der Waals surface area contributed by atoms with E-state index >= 15 is 0 Å². The maximum Gasteiger partial charge on any atom is 0.193 e. The van der Waals surface area contributed by atoms with Crippen LogP contribution in [0.4, 0.5) is 0 Å². The number of Topliss-reactive ketones (excluding diaryl/α,β-unsaturated/α-hetero) is 1. The second-order valence-corrected chi connectivity index (χ2v) is 11.6. The van der Waals surface area contributed by atoms with Crippen molar-refractivity contribution in [2.45, 2.75) is 76.5 Å². The number of allylic oxidation sites excluding steroid dienone is 5. The van der Waals surface area contributed by atoms with Crippen LogP contribution in [0.2, 0.25) is 0 Å². The predicted molar refractivity (Wildman–Crippen MR) is 120 cm³/mol. The van der Waals surface area contributed by atoms with Crippen molar-refractivity contribution in [1.82, 2.24) is 0 Å². The van der Waals surface area contributed by atoms with E-state index in [1.165, 1.54) is 12.8 Å². The minimum Gasteiger partial charge on any atom is -0.393 e. The molecule has 1 aliphatic heterocycles. The monoisotopic (exact) mass is 454 g/mol. The maximum absolute atomic E-state index is 13.3. The second kappa shape index (κ2) is 7.20. The molecule has 4 saturated carbocycles. The Balaban J connectivity index is 1.37. The fourth-order valence-corrected chi connectivity index (χ4v) is 8.34. The highest BCUT2D eigenvalue weighted by atomic mass is 16.7. The highest BCUT2D eigenvalue weighted by molar-refractivity contribution is 6.01. The number of hydrogen-bond donors (Lipinski definition) is 2. The summed E-state index contributed by atoms with van der Waals surface area (Å²) in [6, 6.07) is 0. The van der Waals surface area contributed by atoms with Crippen molar-refractivity contribution in [3.8, 4) is 0 Å². The summed E-state index contributed by atoms with van der Waals surface area (Å²) in [4.78, 5) is 25.4. The van der Waals surface area contributed by atoms with Gasteiger partial charge in [-0.1, -0.05) is 31.6 Å². The Hall–Kier alpha value is -1.60. The van der Waals surface area contributed by atoms with Crippen molar-refractivity contribution in [1.29, 1.82) is 0 Å². The maximum atomic E-state index is 13.3. The Morgan fingerprint density at radius 1 is 1.24 bits per heavy atom. The Labute approximate surface area is 194 Å². The van der Waals surface area contributed by atoms with Gasteiger partial charge in [-0.2, -0.15) is 0 Å². The van der Waals surface area contributed by atoms with Gasteiger partial charge in [-0.25, -0.2) is 0 Å². The van der Waals surface area contributed by atoms with E-state index in [9.17, 15) is 19.8 Å². The molecule has 178 valence electrons. The molecule has 0 spiro atoms. The Morgan fingerprint density at radius 3 is 2.76 bits per heavy atom. The molecule has 0 bridgehead atoms. The van der Waals surface area contributed by atoms with Gasteiger partial charge >= 0.3 is 0 Å². The minimum atomic E-state index is -1.24.